The maximum absolute atomic E-state index is 13.6. The van der Waals surface area contributed by atoms with E-state index < -0.39 is 11.6 Å². The number of hydrogen-bond acceptors (Lipinski definition) is 3. The first-order valence-corrected chi connectivity index (χ1v) is 6.85. The minimum Gasteiger partial charge on any atom is -0.486 e. The molecule has 0 fully saturated rings. The average molecular weight is 291 g/mol. The molecule has 0 saturated carbocycles. The van der Waals surface area contributed by atoms with E-state index >= 15 is 0 Å². The number of ether oxygens (including phenoxy) is 1. The first-order chi connectivity index (χ1) is 9.65. The molecule has 3 aromatic rings. The van der Waals surface area contributed by atoms with Crippen LogP contribution < -0.4 is 10.5 Å². The SMILES string of the molecule is Nc1cc(F)c(OCc2csc3ccccc23)cc1F. The molecule has 0 aliphatic rings. The lowest BCUT2D eigenvalue weighted by Gasteiger charge is -2.08. The van der Waals surface area contributed by atoms with Crippen LogP contribution in [-0.4, -0.2) is 0 Å². The summed E-state index contributed by atoms with van der Waals surface area (Å²) < 4.78 is 33.4. The van der Waals surface area contributed by atoms with Gasteiger partial charge in [0.2, 0.25) is 0 Å². The second-order valence-electron chi connectivity index (χ2n) is 4.35. The highest BCUT2D eigenvalue weighted by atomic mass is 32.1. The van der Waals surface area contributed by atoms with Crippen LogP contribution in [0.5, 0.6) is 5.75 Å². The van der Waals surface area contributed by atoms with Gasteiger partial charge < -0.3 is 10.5 Å². The van der Waals surface area contributed by atoms with Gasteiger partial charge >= 0.3 is 0 Å². The maximum atomic E-state index is 13.6. The largest absolute Gasteiger partial charge is 0.486 e. The molecule has 0 spiro atoms. The van der Waals surface area contributed by atoms with Crippen LogP contribution >= 0.6 is 11.3 Å². The molecule has 2 N–H and O–H groups in total. The smallest absolute Gasteiger partial charge is 0.167 e. The Morgan fingerprint density at radius 1 is 1.10 bits per heavy atom. The highest BCUT2D eigenvalue weighted by molar-refractivity contribution is 7.17. The van der Waals surface area contributed by atoms with E-state index in [-0.39, 0.29) is 18.0 Å². The predicted molar refractivity (Wildman–Crippen MR) is 76.9 cm³/mol. The summed E-state index contributed by atoms with van der Waals surface area (Å²) in [5.74, 6) is -1.48. The van der Waals surface area contributed by atoms with Crippen molar-refractivity contribution in [1.29, 1.82) is 0 Å². The third-order valence-corrected chi connectivity index (χ3v) is 4.01. The molecule has 102 valence electrons. The lowest BCUT2D eigenvalue weighted by Crippen LogP contribution is -1.99. The van der Waals surface area contributed by atoms with E-state index in [0.29, 0.717) is 0 Å². The van der Waals surface area contributed by atoms with Crippen LogP contribution in [0.1, 0.15) is 5.56 Å². The van der Waals surface area contributed by atoms with Crippen LogP contribution in [0, 0.1) is 11.6 Å². The van der Waals surface area contributed by atoms with Gasteiger partial charge in [0.05, 0.1) is 5.69 Å². The van der Waals surface area contributed by atoms with Crippen molar-refractivity contribution in [1.82, 2.24) is 0 Å². The predicted octanol–water partition coefficient (Wildman–Crippen LogP) is 4.34. The first kappa shape index (κ1) is 12.9. The fraction of sp³-hybridized carbons (Fsp3) is 0.0667. The van der Waals surface area contributed by atoms with Crippen LogP contribution in [0.2, 0.25) is 0 Å². The summed E-state index contributed by atoms with van der Waals surface area (Å²) in [7, 11) is 0. The van der Waals surface area contributed by atoms with Crippen molar-refractivity contribution >= 4 is 27.1 Å². The van der Waals surface area contributed by atoms with Crippen LogP contribution in [0.25, 0.3) is 10.1 Å². The number of benzene rings is 2. The molecule has 0 unspecified atom stereocenters. The number of anilines is 1. The lowest BCUT2D eigenvalue weighted by atomic mass is 10.2. The summed E-state index contributed by atoms with van der Waals surface area (Å²) >= 11 is 1.59. The number of fused-ring (bicyclic) bond motifs is 1. The molecule has 0 saturated heterocycles. The Morgan fingerprint density at radius 3 is 2.75 bits per heavy atom. The number of halogens is 2. The Kier molecular flexibility index (Phi) is 3.28. The molecular weight excluding hydrogens is 280 g/mol. The molecule has 3 rings (SSSR count). The van der Waals surface area contributed by atoms with E-state index in [4.69, 9.17) is 10.5 Å². The van der Waals surface area contributed by atoms with Crippen molar-refractivity contribution in [2.24, 2.45) is 0 Å². The van der Waals surface area contributed by atoms with E-state index in [1.54, 1.807) is 11.3 Å². The first-order valence-electron chi connectivity index (χ1n) is 5.97. The molecule has 0 aliphatic carbocycles. The van der Waals surface area contributed by atoms with Crippen molar-refractivity contribution in [2.75, 3.05) is 5.73 Å². The number of nitrogens with two attached hydrogens (primary N) is 1. The summed E-state index contributed by atoms with van der Waals surface area (Å²) in [6.07, 6.45) is 0. The summed E-state index contributed by atoms with van der Waals surface area (Å²) in [4.78, 5) is 0. The van der Waals surface area contributed by atoms with Crippen LogP contribution in [0.3, 0.4) is 0 Å². The van der Waals surface area contributed by atoms with Crippen molar-refractivity contribution in [3.8, 4) is 5.75 Å². The van der Waals surface area contributed by atoms with Crippen molar-refractivity contribution < 1.29 is 13.5 Å². The fourth-order valence-electron chi connectivity index (χ4n) is 1.95. The molecule has 5 heteroatoms. The molecule has 1 aromatic heterocycles. The number of rotatable bonds is 3. The molecular formula is C15H11F2NOS. The maximum Gasteiger partial charge on any atom is 0.167 e. The highest BCUT2D eigenvalue weighted by Crippen LogP contribution is 2.28. The molecule has 2 nitrogen and oxygen atoms in total. The van der Waals surface area contributed by atoms with Gasteiger partial charge in [0.1, 0.15) is 12.4 Å². The van der Waals surface area contributed by atoms with Gasteiger partial charge in [-0.2, -0.15) is 0 Å². The quantitative estimate of drug-likeness (QED) is 0.728. The molecule has 0 amide bonds. The van der Waals surface area contributed by atoms with E-state index in [2.05, 4.69) is 0 Å². The second-order valence-corrected chi connectivity index (χ2v) is 5.26. The van der Waals surface area contributed by atoms with Gasteiger partial charge in [0, 0.05) is 22.4 Å². The Balaban J connectivity index is 1.85. The van der Waals surface area contributed by atoms with Gasteiger partial charge in [0.25, 0.3) is 0 Å². The molecule has 20 heavy (non-hydrogen) atoms. The van der Waals surface area contributed by atoms with E-state index in [0.717, 1.165) is 27.8 Å². The zero-order valence-corrected chi connectivity index (χ0v) is 11.2. The van der Waals surface area contributed by atoms with Gasteiger partial charge in [-0.05, 0) is 16.8 Å². The van der Waals surface area contributed by atoms with Gasteiger partial charge in [-0.1, -0.05) is 18.2 Å². The molecule has 0 atom stereocenters. The zero-order valence-electron chi connectivity index (χ0n) is 10.4. The van der Waals surface area contributed by atoms with Crippen molar-refractivity contribution in [3.63, 3.8) is 0 Å². The molecule has 2 aromatic carbocycles. The number of thiophene rings is 1. The molecule has 0 aliphatic heterocycles. The van der Waals surface area contributed by atoms with Crippen LogP contribution in [0.4, 0.5) is 14.5 Å². The van der Waals surface area contributed by atoms with Crippen molar-refractivity contribution in [2.45, 2.75) is 6.61 Å². The minimum atomic E-state index is -0.684. The van der Waals surface area contributed by atoms with Crippen LogP contribution in [0.15, 0.2) is 41.8 Å². The van der Waals surface area contributed by atoms with Gasteiger partial charge in [-0.15, -0.1) is 11.3 Å². The third kappa shape index (κ3) is 2.32. The molecule has 0 bridgehead atoms. The Labute approximate surface area is 118 Å². The summed E-state index contributed by atoms with van der Waals surface area (Å²) in [6.45, 7) is 0.185. The third-order valence-electron chi connectivity index (χ3n) is 3.00. The standard InChI is InChI=1S/C15H11F2NOS/c16-11-6-14(12(17)5-13(11)18)19-7-9-8-20-15-4-2-1-3-10(9)15/h1-6,8H,7,18H2. The highest BCUT2D eigenvalue weighted by Gasteiger charge is 2.10. The van der Waals surface area contributed by atoms with Gasteiger partial charge in [-0.25, -0.2) is 8.78 Å². The topological polar surface area (TPSA) is 35.2 Å². The lowest BCUT2D eigenvalue weighted by molar-refractivity contribution is 0.290. The number of hydrogen-bond donors (Lipinski definition) is 1. The Morgan fingerprint density at radius 2 is 1.90 bits per heavy atom. The van der Waals surface area contributed by atoms with Gasteiger partial charge in [-0.3, -0.25) is 0 Å². The fourth-order valence-corrected chi connectivity index (χ4v) is 2.90. The summed E-state index contributed by atoms with van der Waals surface area (Å²) in [5, 5.41) is 3.02. The molecule has 1 heterocycles. The number of nitrogen functional groups attached to an aromatic ring is 1. The Hall–Kier alpha value is -2.14. The van der Waals surface area contributed by atoms with E-state index in [1.807, 2.05) is 29.6 Å². The Bertz CT molecular complexity index is 770. The van der Waals surface area contributed by atoms with E-state index in [9.17, 15) is 8.78 Å². The zero-order chi connectivity index (χ0) is 14.1. The van der Waals surface area contributed by atoms with Crippen molar-refractivity contribution in [3.05, 3.63) is 59.0 Å². The average Bonchev–Trinajstić information content (AvgIpc) is 2.85. The monoisotopic (exact) mass is 291 g/mol. The van der Waals surface area contributed by atoms with Crippen LogP contribution in [-0.2, 0) is 6.61 Å². The minimum absolute atomic E-state index is 0.132. The van der Waals surface area contributed by atoms with E-state index in [1.165, 1.54) is 0 Å². The summed E-state index contributed by atoms with van der Waals surface area (Å²) in [6, 6.07) is 9.77. The molecule has 0 radical (unpaired) electrons. The normalized spacial score (nSPS) is 10.9. The van der Waals surface area contributed by atoms with Gasteiger partial charge in [0.15, 0.2) is 11.6 Å². The second kappa shape index (κ2) is 5.09. The summed E-state index contributed by atoms with van der Waals surface area (Å²) in [5.41, 5.74) is 6.01.